The van der Waals surface area contributed by atoms with E-state index in [4.69, 9.17) is 11.6 Å². The largest absolute Gasteiger partial charge is 0.346 e. The van der Waals surface area contributed by atoms with Crippen LogP contribution in [0.1, 0.15) is 21.4 Å². The van der Waals surface area contributed by atoms with E-state index in [0.717, 1.165) is 11.1 Å². The molecule has 0 aliphatic carbocycles. The van der Waals surface area contributed by atoms with Crippen molar-refractivity contribution in [2.75, 3.05) is 0 Å². The monoisotopic (exact) mass is 314 g/mol. The number of nitrogens with zero attached hydrogens (tertiary/aromatic N) is 1. The Morgan fingerprint density at radius 3 is 2.50 bits per heavy atom. The van der Waals surface area contributed by atoms with E-state index in [9.17, 15) is 14.3 Å². The number of aryl methyl sites for hydroxylation is 2. The number of benzene rings is 1. The summed E-state index contributed by atoms with van der Waals surface area (Å²) in [6, 6.07) is 10.3. The second-order valence-electron chi connectivity index (χ2n) is 4.65. The highest BCUT2D eigenvalue weighted by molar-refractivity contribution is 8.25. The van der Waals surface area contributed by atoms with Crippen molar-refractivity contribution < 1.29 is 19.0 Å². The average molecular weight is 315 g/mol. The van der Waals surface area contributed by atoms with Gasteiger partial charge in [-0.3, -0.25) is 14.3 Å². The predicted molar refractivity (Wildman–Crippen MR) is 79.4 cm³/mol. The van der Waals surface area contributed by atoms with E-state index in [2.05, 4.69) is 0 Å². The van der Waals surface area contributed by atoms with Crippen LogP contribution in [0.5, 0.6) is 0 Å². The molecule has 0 bridgehead atoms. The molecule has 6 heteroatoms. The van der Waals surface area contributed by atoms with Gasteiger partial charge in [-0.1, -0.05) is 46.0 Å². The summed E-state index contributed by atoms with van der Waals surface area (Å²) in [5, 5.41) is 9.71. The molecule has 0 saturated carbocycles. The molecule has 4 nitrogen and oxygen atoms in total. The van der Waals surface area contributed by atoms with Gasteiger partial charge in [0, 0.05) is 16.9 Å². The first-order valence-corrected chi connectivity index (χ1v) is 8.07. The highest BCUT2D eigenvalue weighted by Gasteiger charge is 2.36. The van der Waals surface area contributed by atoms with Gasteiger partial charge in [0.25, 0.3) is 0 Å². The number of rotatable bonds is 3. The molecule has 3 N–H and O–H groups in total. The first-order chi connectivity index (χ1) is 9.34. The summed E-state index contributed by atoms with van der Waals surface area (Å²) in [4.78, 5) is 0. The Balaban J connectivity index is 2.48. The van der Waals surface area contributed by atoms with Gasteiger partial charge >= 0.3 is 5.03 Å². The van der Waals surface area contributed by atoms with Crippen molar-refractivity contribution in [3.05, 3.63) is 59.3 Å². The van der Waals surface area contributed by atoms with E-state index >= 15 is 0 Å². The van der Waals surface area contributed by atoms with Gasteiger partial charge in [0.2, 0.25) is 6.20 Å². The minimum Gasteiger partial charge on any atom is -0.289 e. The van der Waals surface area contributed by atoms with Gasteiger partial charge in [-0.15, -0.1) is 0 Å². The Hall–Kier alpha value is -1.27. The van der Waals surface area contributed by atoms with Gasteiger partial charge in [0.1, 0.15) is 0 Å². The lowest BCUT2D eigenvalue weighted by Gasteiger charge is -2.33. The Labute approximate surface area is 124 Å². The third kappa shape index (κ3) is 2.76. The van der Waals surface area contributed by atoms with Crippen LogP contribution < -0.4 is 4.73 Å². The summed E-state index contributed by atoms with van der Waals surface area (Å²) in [6.07, 6.45) is 1.33. The number of alkyl halides is 1. The topological polar surface area (TPSA) is 64.6 Å². The van der Waals surface area contributed by atoms with Crippen LogP contribution in [0, 0.1) is 13.8 Å². The summed E-state index contributed by atoms with van der Waals surface area (Å²) in [7, 11) is -3.38. The molecule has 0 fully saturated rings. The fourth-order valence-corrected chi connectivity index (χ4v) is 3.89. The van der Waals surface area contributed by atoms with Crippen LogP contribution in [0.25, 0.3) is 0 Å². The third-order valence-electron chi connectivity index (χ3n) is 3.08. The standard InChI is InChI=1S/C14H16ClNO3S/c1-10-6-7-11(2)12(9-10)14(15)20(18,19)13-5-3-4-8-16(13)17/h3-9,14H,1-2H3,(H2-,17,18,19)/p+1. The molecule has 1 unspecified atom stereocenters. The molecule has 108 valence electrons. The highest BCUT2D eigenvalue weighted by Crippen LogP contribution is 2.61. The van der Waals surface area contributed by atoms with E-state index in [-0.39, 0.29) is 5.03 Å². The molecule has 1 aromatic carbocycles. The van der Waals surface area contributed by atoms with Crippen LogP contribution in [0.3, 0.4) is 0 Å². The van der Waals surface area contributed by atoms with E-state index in [1.165, 1.54) is 12.3 Å². The van der Waals surface area contributed by atoms with Gasteiger partial charge in [0.05, 0.1) is 0 Å². The molecular weight excluding hydrogens is 298 g/mol. The summed E-state index contributed by atoms with van der Waals surface area (Å²) in [6.45, 7) is 3.77. The van der Waals surface area contributed by atoms with Gasteiger partial charge < -0.3 is 0 Å². The fourth-order valence-electron chi connectivity index (χ4n) is 1.94. The van der Waals surface area contributed by atoms with Crippen LogP contribution in [0.4, 0.5) is 0 Å². The molecule has 0 radical (unpaired) electrons. The maximum Gasteiger partial charge on any atom is 0.346 e. The predicted octanol–water partition coefficient (Wildman–Crippen LogP) is 3.88. The first kappa shape index (κ1) is 15.1. The van der Waals surface area contributed by atoms with Gasteiger partial charge in [0.15, 0.2) is 4.71 Å². The maximum atomic E-state index is 10.4. The van der Waals surface area contributed by atoms with Crippen LogP contribution in [0.2, 0.25) is 0 Å². The molecule has 0 aliphatic rings. The molecular formula is C14H17ClNO3S+. The number of aromatic nitrogens is 1. The highest BCUT2D eigenvalue weighted by atomic mass is 35.5. The van der Waals surface area contributed by atoms with Crippen molar-refractivity contribution in [1.29, 1.82) is 0 Å². The quantitative estimate of drug-likeness (QED) is 0.458. The summed E-state index contributed by atoms with van der Waals surface area (Å²) < 4.78 is 20.5. The number of halogens is 1. The average Bonchev–Trinajstić information content (AvgIpc) is 2.41. The molecule has 2 aromatic rings. The van der Waals surface area contributed by atoms with Crippen LogP contribution in [-0.2, 0) is 0 Å². The number of hydrogen-bond donors (Lipinski definition) is 3. The summed E-state index contributed by atoms with van der Waals surface area (Å²) in [5.74, 6) is 0. The van der Waals surface area contributed by atoms with Crippen molar-refractivity contribution in [3.63, 3.8) is 0 Å². The molecule has 1 aromatic heterocycles. The van der Waals surface area contributed by atoms with Crippen LogP contribution >= 0.6 is 22.2 Å². The van der Waals surface area contributed by atoms with Crippen molar-refractivity contribution in [2.24, 2.45) is 0 Å². The fraction of sp³-hybridized carbons (Fsp3) is 0.214. The zero-order chi connectivity index (χ0) is 14.9. The second kappa shape index (κ2) is 5.61. The molecule has 1 heterocycles. The van der Waals surface area contributed by atoms with Gasteiger partial charge in [-0.05, 0) is 31.0 Å². The van der Waals surface area contributed by atoms with Crippen molar-refractivity contribution >= 4 is 22.2 Å². The Kier molecular flexibility index (Phi) is 4.25. The normalized spacial score (nSPS) is 14.1. The van der Waals surface area contributed by atoms with Gasteiger partial charge in [-0.2, -0.15) is 0 Å². The summed E-state index contributed by atoms with van der Waals surface area (Å²) >= 11 is 6.29. The second-order valence-corrected chi connectivity index (χ2v) is 7.42. The molecule has 1 atom stereocenters. The SMILES string of the molecule is Cc1ccc(C)c(C(Cl)S(O)(O)c2cccc[n+]2O)c1. The maximum absolute atomic E-state index is 10.4. The van der Waals surface area contributed by atoms with Gasteiger partial charge in [-0.25, -0.2) is 0 Å². The van der Waals surface area contributed by atoms with E-state index in [0.29, 0.717) is 10.3 Å². The number of hydrogen-bond acceptors (Lipinski definition) is 3. The molecule has 0 aliphatic heterocycles. The van der Waals surface area contributed by atoms with Crippen molar-refractivity contribution in [1.82, 2.24) is 0 Å². The van der Waals surface area contributed by atoms with Crippen molar-refractivity contribution in [3.8, 4) is 0 Å². The lowest BCUT2D eigenvalue weighted by atomic mass is 10.1. The number of pyridine rings is 1. The first-order valence-electron chi connectivity index (χ1n) is 6.02. The minimum atomic E-state index is -3.38. The van der Waals surface area contributed by atoms with Crippen LogP contribution in [0.15, 0.2) is 47.6 Å². The summed E-state index contributed by atoms with van der Waals surface area (Å²) in [5.41, 5.74) is 2.50. The molecule has 20 heavy (non-hydrogen) atoms. The molecule has 0 saturated heterocycles. The lowest BCUT2D eigenvalue weighted by Crippen LogP contribution is -2.35. The Bertz CT molecular complexity index is 634. The van der Waals surface area contributed by atoms with Crippen molar-refractivity contribution in [2.45, 2.75) is 23.6 Å². The Morgan fingerprint density at radius 1 is 1.15 bits per heavy atom. The zero-order valence-corrected chi connectivity index (χ0v) is 12.8. The smallest absolute Gasteiger partial charge is 0.289 e. The van der Waals surface area contributed by atoms with Crippen LogP contribution in [-0.4, -0.2) is 14.3 Å². The third-order valence-corrected chi connectivity index (χ3v) is 5.83. The molecule has 0 spiro atoms. The van der Waals surface area contributed by atoms with E-state index < -0.39 is 15.3 Å². The van der Waals surface area contributed by atoms with E-state index in [1.807, 2.05) is 32.0 Å². The Morgan fingerprint density at radius 2 is 1.85 bits per heavy atom. The molecule has 2 rings (SSSR count). The lowest BCUT2D eigenvalue weighted by molar-refractivity contribution is -0.933. The minimum absolute atomic E-state index is 0.0130. The van der Waals surface area contributed by atoms with E-state index in [1.54, 1.807) is 12.1 Å². The zero-order valence-electron chi connectivity index (χ0n) is 11.2. The molecule has 0 amide bonds.